The van der Waals surface area contributed by atoms with Crippen molar-refractivity contribution < 1.29 is 19.1 Å². The molecule has 8 heteroatoms. The lowest BCUT2D eigenvalue weighted by molar-refractivity contribution is -0.121. The number of piperidine rings is 1. The van der Waals surface area contributed by atoms with Gasteiger partial charge in [0.1, 0.15) is 5.01 Å². The molecule has 1 aromatic rings. The third-order valence-electron chi connectivity index (χ3n) is 3.59. The minimum Gasteiger partial charge on any atom is -0.450 e. The van der Waals surface area contributed by atoms with Crippen LogP contribution in [-0.2, 0) is 27.3 Å². The largest absolute Gasteiger partial charge is 0.450 e. The van der Waals surface area contributed by atoms with Crippen molar-refractivity contribution in [1.82, 2.24) is 15.2 Å². The molecule has 1 fully saturated rings. The van der Waals surface area contributed by atoms with E-state index in [4.69, 9.17) is 9.47 Å². The predicted molar refractivity (Wildman–Crippen MR) is 86.3 cm³/mol. The summed E-state index contributed by atoms with van der Waals surface area (Å²) >= 11 is 1.50. The standard InChI is InChI=1S/C15H23N3O4S/c1-3-22-15(20)18-6-4-11(5-7-18)16-13(19)8-12-10-23-14(17-12)9-21-2/h10-11H,3-9H2,1-2H3,(H,16,19). The van der Waals surface area contributed by atoms with Gasteiger partial charge in [0.05, 0.1) is 25.3 Å². The third-order valence-corrected chi connectivity index (χ3v) is 4.47. The Kier molecular flexibility index (Phi) is 6.79. The summed E-state index contributed by atoms with van der Waals surface area (Å²) in [6.45, 7) is 3.87. The second-order valence-electron chi connectivity index (χ2n) is 5.37. The summed E-state index contributed by atoms with van der Waals surface area (Å²) in [5.74, 6) is -0.0335. The first kappa shape index (κ1) is 17.7. The van der Waals surface area contributed by atoms with E-state index in [1.165, 1.54) is 11.3 Å². The van der Waals surface area contributed by atoms with Crippen LogP contribution in [0, 0.1) is 0 Å². The van der Waals surface area contributed by atoms with Crippen LogP contribution < -0.4 is 5.32 Å². The van der Waals surface area contributed by atoms with E-state index in [0.29, 0.717) is 26.3 Å². The lowest BCUT2D eigenvalue weighted by atomic mass is 10.1. The molecule has 23 heavy (non-hydrogen) atoms. The molecule has 1 aromatic heterocycles. The number of likely N-dealkylation sites (tertiary alicyclic amines) is 1. The van der Waals surface area contributed by atoms with E-state index in [1.807, 2.05) is 5.38 Å². The number of nitrogens with one attached hydrogen (secondary N) is 1. The van der Waals surface area contributed by atoms with Crippen molar-refractivity contribution in [1.29, 1.82) is 0 Å². The van der Waals surface area contributed by atoms with Gasteiger partial charge in [-0.1, -0.05) is 0 Å². The average Bonchev–Trinajstić information content (AvgIpc) is 2.95. The zero-order valence-electron chi connectivity index (χ0n) is 13.5. The average molecular weight is 341 g/mol. The number of thiazole rings is 1. The number of hydrogen-bond acceptors (Lipinski definition) is 6. The van der Waals surface area contributed by atoms with E-state index in [1.54, 1.807) is 18.9 Å². The Bertz CT molecular complexity index is 527. The summed E-state index contributed by atoms with van der Waals surface area (Å²) in [5, 5.41) is 5.78. The van der Waals surface area contributed by atoms with Crippen LogP contribution in [-0.4, -0.2) is 54.7 Å². The second kappa shape index (κ2) is 8.83. The molecule has 2 heterocycles. The van der Waals surface area contributed by atoms with Crippen LogP contribution in [0.2, 0.25) is 0 Å². The molecule has 128 valence electrons. The number of carbonyl (C=O) groups is 2. The monoisotopic (exact) mass is 341 g/mol. The topological polar surface area (TPSA) is 80.8 Å². The first-order valence-electron chi connectivity index (χ1n) is 7.75. The summed E-state index contributed by atoms with van der Waals surface area (Å²) in [5.41, 5.74) is 0.767. The highest BCUT2D eigenvalue weighted by atomic mass is 32.1. The van der Waals surface area contributed by atoms with Crippen molar-refractivity contribution in [3.05, 3.63) is 16.1 Å². The maximum Gasteiger partial charge on any atom is 0.409 e. The van der Waals surface area contributed by atoms with Crippen molar-refractivity contribution in [3.63, 3.8) is 0 Å². The predicted octanol–water partition coefficient (Wildman–Crippen LogP) is 1.57. The van der Waals surface area contributed by atoms with Crippen molar-refractivity contribution in [2.24, 2.45) is 0 Å². The van der Waals surface area contributed by atoms with Crippen LogP contribution in [0.1, 0.15) is 30.5 Å². The fourth-order valence-electron chi connectivity index (χ4n) is 2.48. The molecule has 0 unspecified atom stereocenters. The van der Waals surface area contributed by atoms with Gasteiger partial charge >= 0.3 is 6.09 Å². The molecule has 1 aliphatic heterocycles. The minimum absolute atomic E-state index is 0.0335. The number of nitrogens with zero attached hydrogens (tertiary/aromatic N) is 2. The zero-order chi connectivity index (χ0) is 16.7. The number of amides is 2. The minimum atomic E-state index is -0.273. The molecule has 7 nitrogen and oxygen atoms in total. The lowest BCUT2D eigenvalue weighted by Crippen LogP contribution is -2.47. The quantitative estimate of drug-likeness (QED) is 0.849. The van der Waals surface area contributed by atoms with Crippen LogP contribution >= 0.6 is 11.3 Å². The van der Waals surface area contributed by atoms with Crippen LogP contribution in [0.4, 0.5) is 4.79 Å². The van der Waals surface area contributed by atoms with Crippen molar-refractivity contribution in [2.75, 3.05) is 26.8 Å². The number of hydrogen-bond donors (Lipinski definition) is 1. The van der Waals surface area contributed by atoms with Gasteiger partial charge in [-0.05, 0) is 19.8 Å². The van der Waals surface area contributed by atoms with Gasteiger partial charge in [-0.15, -0.1) is 11.3 Å². The van der Waals surface area contributed by atoms with E-state index in [0.717, 1.165) is 23.5 Å². The van der Waals surface area contributed by atoms with Crippen LogP contribution in [0.25, 0.3) is 0 Å². The van der Waals surface area contributed by atoms with E-state index >= 15 is 0 Å². The maximum atomic E-state index is 12.1. The first-order valence-corrected chi connectivity index (χ1v) is 8.63. The third kappa shape index (κ3) is 5.47. The molecule has 0 bridgehead atoms. The summed E-state index contributed by atoms with van der Waals surface area (Å²) in [4.78, 5) is 29.7. The smallest absolute Gasteiger partial charge is 0.409 e. The van der Waals surface area contributed by atoms with Gasteiger partial charge in [-0.3, -0.25) is 4.79 Å². The first-order chi connectivity index (χ1) is 11.1. The molecular formula is C15H23N3O4S. The van der Waals surface area contributed by atoms with Crippen LogP contribution in [0.5, 0.6) is 0 Å². The summed E-state index contributed by atoms with van der Waals surface area (Å²) in [7, 11) is 1.62. The van der Waals surface area contributed by atoms with Crippen LogP contribution in [0.15, 0.2) is 5.38 Å². The lowest BCUT2D eigenvalue weighted by Gasteiger charge is -2.31. The highest BCUT2D eigenvalue weighted by Crippen LogP contribution is 2.13. The number of methoxy groups -OCH3 is 1. The molecule has 0 spiro atoms. The number of rotatable bonds is 6. The Morgan fingerprint density at radius 2 is 2.17 bits per heavy atom. The van der Waals surface area contributed by atoms with Gasteiger partial charge < -0.3 is 19.7 Å². The molecule has 2 rings (SSSR count). The molecular weight excluding hydrogens is 318 g/mol. The van der Waals surface area contributed by atoms with Crippen molar-refractivity contribution in [3.8, 4) is 0 Å². The Hall–Kier alpha value is -1.67. The van der Waals surface area contributed by atoms with E-state index in [2.05, 4.69) is 10.3 Å². The molecule has 0 aromatic carbocycles. The molecule has 0 saturated carbocycles. The Balaban J connectivity index is 1.73. The van der Waals surface area contributed by atoms with Gasteiger partial charge in [0, 0.05) is 31.6 Å². The fourth-order valence-corrected chi connectivity index (χ4v) is 3.25. The fraction of sp³-hybridized carbons (Fsp3) is 0.667. The zero-order valence-corrected chi connectivity index (χ0v) is 14.4. The second-order valence-corrected chi connectivity index (χ2v) is 6.31. The molecule has 0 aliphatic carbocycles. The van der Waals surface area contributed by atoms with Gasteiger partial charge in [0.2, 0.25) is 5.91 Å². The van der Waals surface area contributed by atoms with E-state index in [9.17, 15) is 9.59 Å². The molecule has 2 amide bonds. The maximum absolute atomic E-state index is 12.1. The molecule has 1 N–H and O–H groups in total. The Morgan fingerprint density at radius 3 is 2.83 bits per heavy atom. The van der Waals surface area contributed by atoms with Crippen molar-refractivity contribution in [2.45, 2.75) is 38.8 Å². The summed E-state index contributed by atoms with van der Waals surface area (Å²) in [6.07, 6.45) is 1.50. The SMILES string of the molecule is CCOC(=O)N1CCC(NC(=O)Cc2csc(COC)n2)CC1. The van der Waals surface area contributed by atoms with E-state index < -0.39 is 0 Å². The highest BCUT2D eigenvalue weighted by Gasteiger charge is 2.24. The Morgan fingerprint density at radius 1 is 1.43 bits per heavy atom. The number of aromatic nitrogens is 1. The van der Waals surface area contributed by atoms with Crippen LogP contribution in [0.3, 0.4) is 0 Å². The number of ether oxygens (including phenoxy) is 2. The summed E-state index contributed by atoms with van der Waals surface area (Å²) in [6, 6.07) is 0.102. The number of carbonyl (C=O) groups excluding carboxylic acids is 2. The van der Waals surface area contributed by atoms with Gasteiger partial charge in [0.15, 0.2) is 0 Å². The molecule has 0 atom stereocenters. The highest BCUT2D eigenvalue weighted by molar-refractivity contribution is 7.09. The summed E-state index contributed by atoms with van der Waals surface area (Å²) < 4.78 is 10.0. The molecule has 1 aliphatic rings. The van der Waals surface area contributed by atoms with E-state index in [-0.39, 0.29) is 24.5 Å². The molecule has 1 saturated heterocycles. The van der Waals surface area contributed by atoms with Crippen molar-refractivity contribution >= 4 is 23.3 Å². The normalized spacial score (nSPS) is 15.5. The van der Waals surface area contributed by atoms with Gasteiger partial charge in [-0.2, -0.15) is 0 Å². The van der Waals surface area contributed by atoms with Gasteiger partial charge in [-0.25, -0.2) is 9.78 Å². The Labute approximate surface area is 140 Å². The van der Waals surface area contributed by atoms with Gasteiger partial charge in [0.25, 0.3) is 0 Å². The molecule has 0 radical (unpaired) electrons.